The predicted octanol–water partition coefficient (Wildman–Crippen LogP) is -0.0610. The van der Waals surface area contributed by atoms with Crippen molar-refractivity contribution in [1.29, 1.82) is 0 Å². The van der Waals surface area contributed by atoms with Gasteiger partial charge in [0.05, 0.1) is 26.2 Å². The summed E-state index contributed by atoms with van der Waals surface area (Å²) >= 11 is 0. The van der Waals surface area contributed by atoms with E-state index in [1.165, 1.54) is 30.4 Å². The molecule has 0 radical (unpaired) electrons. The molecular formula is C14H34ClNO2Si. The maximum atomic E-state index is 5.71. The lowest BCUT2D eigenvalue weighted by Gasteiger charge is -2.38. The van der Waals surface area contributed by atoms with Crippen LogP contribution in [0, 0.1) is 0 Å². The van der Waals surface area contributed by atoms with Crippen molar-refractivity contribution in [3.05, 3.63) is 0 Å². The molecule has 0 aromatic rings. The fourth-order valence-electron chi connectivity index (χ4n) is 2.33. The Morgan fingerprint density at radius 3 is 1.84 bits per heavy atom. The smallest absolute Gasteiger partial charge is 0.321 e. The van der Waals surface area contributed by atoms with Crippen LogP contribution in [0.3, 0.4) is 0 Å². The molecule has 0 aromatic heterocycles. The van der Waals surface area contributed by atoms with Gasteiger partial charge in [-0.1, -0.05) is 0 Å². The highest BCUT2D eigenvalue weighted by atomic mass is 35.5. The molecule has 0 bridgehead atoms. The third kappa shape index (κ3) is 8.30. The molecular weight excluding hydrogens is 278 g/mol. The first-order valence-corrected chi connectivity index (χ1v) is 9.37. The van der Waals surface area contributed by atoms with Crippen molar-refractivity contribution < 1.29 is 25.7 Å². The quantitative estimate of drug-likeness (QED) is 0.393. The average molecular weight is 312 g/mol. The molecule has 19 heavy (non-hydrogen) atoms. The van der Waals surface area contributed by atoms with Crippen LogP contribution < -0.4 is 12.4 Å². The summed E-state index contributed by atoms with van der Waals surface area (Å²) in [6.07, 6.45) is 2.52. The van der Waals surface area contributed by atoms with Crippen LogP contribution in [0.5, 0.6) is 0 Å². The minimum atomic E-state index is -1.37. The minimum Gasteiger partial charge on any atom is -1.00 e. The number of hydrogen-bond acceptors (Lipinski definition) is 2. The first kappa shape index (κ1) is 21.7. The molecule has 1 atom stereocenters. The number of nitrogens with zero attached hydrogens (tertiary/aromatic N) is 1. The summed E-state index contributed by atoms with van der Waals surface area (Å²) in [7, 11) is 0.994. The third-order valence-electron chi connectivity index (χ3n) is 4.28. The molecule has 0 saturated carbocycles. The second-order valence-electron chi connectivity index (χ2n) is 5.23. The zero-order valence-electron chi connectivity index (χ0n) is 13.7. The van der Waals surface area contributed by atoms with Gasteiger partial charge in [-0.05, 0) is 53.5 Å². The Morgan fingerprint density at radius 2 is 1.47 bits per heavy atom. The van der Waals surface area contributed by atoms with Gasteiger partial charge < -0.3 is 25.7 Å². The maximum Gasteiger partial charge on any atom is 0.321 e. The lowest BCUT2D eigenvalue weighted by Crippen LogP contribution is -3.00. The SMILES string of the molecule is CCO[SiH](CCCC(C)[N+](C)(CC)CC)OCC.[Cl-]. The van der Waals surface area contributed by atoms with Crippen LogP contribution >= 0.6 is 0 Å². The fourth-order valence-corrected chi connectivity index (χ4v) is 4.07. The Kier molecular flexibility index (Phi) is 13.9. The van der Waals surface area contributed by atoms with Gasteiger partial charge in [-0.2, -0.15) is 0 Å². The van der Waals surface area contributed by atoms with Gasteiger partial charge in [0.1, 0.15) is 0 Å². The molecule has 0 amide bonds. The van der Waals surface area contributed by atoms with Crippen molar-refractivity contribution in [3.8, 4) is 0 Å². The third-order valence-corrected chi connectivity index (χ3v) is 6.57. The van der Waals surface area contributed by atoms with Crippen molar-refractivity contribution in [2.75, 3.05) is 33.4 Å². The van der Waals surface area contributed by atoms with Gasteiger partial charge >= 0.3 is 9.28 Å². The van der Waals surface area contributed by atoms with Gasteiger partial charge in [0.15, 0.2) is 0 Å². The van der Waals surface area contributed by atoms with E-state index in [2.05, 4.69) is 41.7 Å². The molecule has 0 rings (SSSR count). The van der Waals surface area contributed by atoms with Crippen molar-refractivity contribution in [2.24, 2.45) is 0 Å². The Morgan fingerprint density at radius 1 is 1.00 bits per heavy atom. The molecule has 0 saturated heterocycles. The molecule has 3 nitrogen and oxygen atoms in total. The van der Waals surface area contributed by atoms with Crippen LogP contribution in [0.1, 0.15) is 47.5 Å². The molecule has 0 aromatic carbocycles. The van der Waals surface area contributed by atoms with Crippen LogP contribution in [-0.2, 0) is 8.85 Å². The largest absolute Gasteiger partial charge is 1.00 e. The van der Waals surface area contributed by atoms with Crippen LogP contribution in [0.15, 0.2) is 0 Å². The highest BCUT2D eigenvalue weighted by Crippen LogP contribution is 2.17. The van der Waals surface area contributed by atoms with E-state index in [1.54, 1.807) is 0 Å². The summed E-state index contributed by atoms with van der Waals surface area (Å²) in [6, 6.07) is 1.89. The van der Waals surface area contributed by atoms with Crippen molar-refractivity contribution in [1.82, 2.24) is 0 Å². The molecule has 1 unspecified atom stereocenters. The molecule has 118 valence electrons. The summed E-state index contributed by atoms with van der Waals surface area (Å²) in [5, 5.41) is 0. The highest BCUT2D eigenvalue weighted by Gasteiger charge is 2.25. The standard InChI is InChI=1S/C14H34NO2Si.ClH/c1-7-15(6,8-2)14(5)12-11-13-18(16-9-3)17-10-4;/h14,18H,7-13H2,1-6H3;1H/q+1;/p-1. The normalized spacial score (nSPS) is 13.4. The van der Waals surface area contributed by atoms with Crippen molar-refractivity contribution >= 4 is 9.28 Å². The molecule has 0 aliphatic heterocycles. The number of hydrogen-bond donors (Lipinski definition) is 0. The van der Waals surface area contributed by atoms with E-state index >= 15 is 0 Å². The van der Waals surface area contributed by atoms with Gasteiger partial charge in [0.2, 0.25) is 0 Å². The van der Waals surface area contributed by atoms with Crippen LogP contribution in [0.25, 0.3) is 0 Å². The molecule has 0 heterocycles. The van der Waals surface area contributed by atoms with E-state index in [0.29, 0.717) is 0 Å². The lowest BCUT2D eigenvalue weighted by molar-refractivity contribution is -0.928. The average Bonchev–Trinajstić information content (AvgIpc) is 2.38. The van der Waals surface area contributed by atoms with Crippen LogP contribution in [-0.4, -0.2) is 53.2 Å². The summed E-state index contributed by atoms with van der Waals surface area (Å²) < 4.78 is 12.6. The summed E-state index contributed by atoms with van der Waals surface area (Å²) in [4.78, 5) is 0. The van der Waals surface area contributed by atoms with E-state index in [0.717, 1.165) is 25.3 Å². The first-order valence-electron chi connectivity index (χ1n) is 7.61. The number of halogens is 1. The van der Waals surface area contributed by atoms with Gasteiger partial charge in [-0.25, -0.2) is 0 Å². The molecule has 0 aliphatic rings. The Balaban J connectivity index is 0. The first-order chi connectivity index (χ1) is 8.53. The molecule has 0 fully saturated rings. The molecule has 0 spiro atoms. The molecule has 0 aliphatic carbocycles. The van der Waals surface area contributed by atoms with Gasteiger partial charge in [-0.15, -0.1) is 0 Å². The Labute approximate surface area is 128 Å². The Hall–Kier alpha value is 0.387. The topological polar surface area (TPSA) is 18.5 Å². The van der Waals surface area contributed by atoms with Crippen LogP contribution in [0.2, 0.25) is 6.04 Å². The Bertz CT molecular complexity index is 198. The summed E-state index contributed by atoms with van der Waals surface area (Å²) in [6.45, 7) is 15.1. The fraction of sp³-hybridized carbons (Fsp3) is 1.00. The molecule has 0 N–H and O–H groups in total. The number of quaternary nitrogens is 1. The van der Waals surface area contributed by atoms with Crippen molar-refractivity contribution in [3.63, 3.8) is 0 Å². The number of rotatable bonds is 11. The van der Waals surface area contributed by atoms with Gasteiger partial charge in [-0.3, -0.25) is 0 Å². The summed E-state index contributed by atoms with van der Waals surface area (Å²) in [5.41, 5.74) is 0. The monoisotopic (exact) mass is 311 g/mol. The van der Waals surface area contributed by atoms with E-state index in [1.807, 2.05) is 0 Å². The molecule has 5 heteroatoms. The van der Waals surface area contributed by atoms with Gasteiger partial charge in [0.25, 0.3) is 0 Å². The highest BCUT2D eigenvalue weighted by molar-refractivity contribution is 6.44. The van der Waals surface area contributed by atoms with Gasteiger partial charge in [0, 0.05) is 13.2 Å². The zero-order valence-corrected chi connectivity index (χ0v) is 15.7. The van der Waals surface area contributed by atoms with E-state index in [4.69, 9.17) is 8.85 Å². The van der Waals surface area contributed by atoms with E-state index < -0.39 is 9.28 Å². The van der Waals surface area contributed by atoms with Crippen LogP contribution in [0.4, 0.5) is 0 Å². The predicted molar refractivity (Wildman–Crippen MR) is 81.2 cm³/mol. The minimum absolute atomic E-state index is 0. The maximum absolute atomic E-state index is 5.71. The van der Waals surface area contributed by atoms with E-state index in [9.17, 15) is 0 Å². The zero-order chi connectivity index (χ0) is 14.0. The summed E-state index contributed by atoms with van der Waals surface area (Å²) in [5.74, 6) is 0. The van der Waals surface area contributed by atoms with E-state index in [-0.39, 0.29) is 12.4 Å². The lowest BCUT2D eigenvalue weighted by atomic mass is 10.1. The second kappa shape index (κ2) is 12.2. The second-order valence-corrected chi connectivity index (χ2v) is 7.34. The van der Waals surface area contributed by atoms with Crippen molar-refractivity contribution in [2.45, 2.75) is 59.5 Å².